The van der Waals surface area contributed by atoms with E-state index in [-0.39, 0.29) is 12.1 Å². The van der Waals surface area contributed by atoms with E-state index in [0.717, 1.165) is 24.3 Å². The van der Waals surface area contributed by atoms with E-state index in [4.69, 9.17) is 10.5 Å². The number of halogens is 4. The first-order valence-corrected chi connectivity index (χ1v) is 5.32. The Morgan fingerprint density at radius 1 is 0.895 bits per heavy atom. The Balaban J connectivity index is 2.38. The van der Waals surface area contributed by atoms with Gasteiger partial charge in [-0.3, -0.25) is 0 Å². The summed E-state index contributed by atoms with van der Waals surface area (Å²) < 4.78 is 57.9. The van der Waals surface area contributed by atoms with E-state index in [0.29, 0.717) is 6.07 Å². The van der Waals surface area contributed by atoms with Crippen molar-refractivity contribution < 1.29 is 22.3 Å². The Bertz CT molecular complexity index is 593. The van der Waals surface area contributed by atoms with Gasteiger partial charge in [0.15, 0.2) is 29.0 Å². The summed E-state index contributed by atoms with van der Waals surface area (Å²) in [5.74, 6) is -5.12. The van der Waals surface area contributed by atoms with E-state index in [1.165, 1.54) is 0 Å². The van der Waals surface area contributed by atoms with Gasteiger partial charge < -0.3 is 10.5 Å². The molecule has 0 aromatic heterocycles. The second-order valence-corrected chi connectivity index (χ2v) is 3.77. The maximum absolute atomic E-state index is 13.6. The van der Waals surface area contributed by atoms with Gasteiger partial charge in [-0.25, -0.2) is 17.6 Å². The van der Waals surface area contributed by atoms with Crippen LogP contribution in [0.25, 0.3) is 0 Å². The first-order chi connectivity index (χ1) is 9.01. The Kier molecular flexibility index (Phi) is 3.71. The molecule has 2 aromatic carbocycles. The molecule has 0 spiro atoms. The summed E-state index contributed by atoms with van der Waals surface area (Å²) in [7, 11) is 0. The molecule has 0 bridgehead atoms. The Labute approximate surface area is 106 Å². The smallest absolute Gasteiger partial charge is 0.198 e. The highest BCUT2D eigenvalue weighted by molar-refractivity contribution is 5.36. The van der Waals surface area contributed by atoms with E-state index in [1.807, 2.05) is 0 Å². The molecular formula is C13H9F4NO. The minimum absolute atomic E-state index is 0.0426. The largest absolute Gasteiger partial charge is 0.448 e. The van der Waals surface area contributed by atoms with Crippen molar-refractivity contribution >= 4 is 0 Å². The molecule has 0 saturated heterocycles. The topological polar surface area (TPSA) is 35.2 Å². The maximum atomic E-state index is 13.6. The molecule has 0 radical (unpaired) electrons. The molecule has 2 N–H and O–H groups in total. The first kappa shape index (κ1) is 13.4. The molecule has 0 aliphatic carbocycles. The molecule has 0 saturated carbocycles. The standard InChI is InChI=1S/C13H9F4NO/c14-8-1-2-12(9(15)5-8)19-13-10(16)3-7(6-18)4-11(13)17/h1-5H,6,18H2. The van der Waals surface area contributed by atoms with Crippen molar-refractivity contribution in [2.75, 3.05) is 0 Å². The van der Waals surface area contributed by atoms with Crippen molar-refractivity contribution in [2.45, 2.75) is 6.54 Å². The van der Waals surface area contributed by atoms with Crippen LogP contribution in [0.5, 0.6) is 11.5 Å². The van der Waals surface area contributed by atoms with E-state index >= 15 is 0 Å². The van der Waals surface area contributed by atoms with Gasteiger partial charge in [-0.05, 0) is 29.8 Å². The summed E-state index contributed by atoms with van der Waals surface area (Å²) in [6.07, 6.45) is 0. The normalized spacial score (nSPS) is 10.6. The summed E-state index contributed by atoms with van der Waals surface area (Å²) in [6, 6.07) is 4.39. The summed E-state index contributed by atoms with van der Waals surface area (Å²) in [5, 5.41) is 0. The van der Waals surface area contributed by atoms with Crippen LogP contribution in [-0.4, -0.2) is 0 Å². The number of ether oxygens (including phenoxy) is 1. The minimum Gasteiger partial charge on any atom is -0.448 e. The van der Waals surface area contributed by atoms with Crippen LogP contribution in [0.1, 0.15) is 5.56 Å². The predicted molar refractivity (Wildman–Crippen MR) is 60.7 cm³/mol. The van der Waals surface area contributed by atoms with Crippen molar-refractivity contribution in [3.63, 3.8) is 0 Å². The van der Waals surface area contributed by atoms with Crippen LogP contribution < -0.4 is 10.5 Å². The molecule has 0 aliphatic rings. The van der Waals surface area contributed by atoms with Gasteiger partial charge in [0.25, 0.3) is 0 Å². The highest BCUT2D eigenvalue weighted by Crippen LogP contribution is 2.30. The maximum Gasteiger partial charge on any atom is 0.198 e. The molecule has 2 aromatic rings. The van der Waals surface area contributed by atoms with E-state index in [9.17, 15) is 17.6 Å². The zero-order valence-electron chi connectivity index (χ0n) is 9.59. The number of hydrogen-bond acceptors (Lipinski definition) is 2. The average Bonchev–Trinajstić information content (AvgIpc) is 2.35. The molecule has 0 amide bonds. The van der Waals surface area contributed by atoms with Gasteiger partial charge >= 0.3 is 0 Å². The van der Waals surface area contributed by atoms with Crippen molar-refractivity contribution in [2.24, 2.45) is 5.73 Å². The minimum atomic E-state index is -1.05. The molecule has 0 fully saturated rings. The fourth-order valence-electron chi connectivity index (χ4n) is 1.50. The van der Waals surface area contributed by atoms with Crippen LogP contribution in [-0.2, 0) is 6.54 Å². The van der Waals surface area contributed by atoms with Gasteiger partial charge in [0.05, 0.1) is 0 Å². The Morgan fingerprint density at radius 2 is 1.53 bits per heavy atom. The fraction of sp³-hybridized carbons (Fsp3) is 0.0769. The predicted octanol–water partition coefficient (Wildman–Crippen LogP) is 3.49. The zero-order chi connectivity index (χ0) is 14.0. The lowest BCUT2D eigenvalue weighted by Crippen LogP contribution is -2.01. The van der Waals surface area contributed by atoms with Gasteiger partial charge in [0.2, 0.25) is 0 Å². The highest BCUT2D eigenvalue weighted by Gasteiger charge is 2.15. The van der Waals surface area contributed by atoms with Gasteiger partial charge in [-0.15, -0.1) is 0 Å². The monoisotopic (exact) mass is 271 g/mol. The highest BCUT2D eigenvalue weighted by atomic mass is 19.1. The number of nitrogens with two attached hydrogens (primary N) is 1. The third kappa shape index (κ3) is 2.85. The fourth-order valence-corrected chi connectivity index (χ4v) is 1.50. The molecule has 0 unspecified atom stereocenters. The third-order valence-corrected chi connectivity index (χ3v) is 2.40. The van der Waals surface area contributed by atoms with Crippen LogP contribution in [0.3, 0.4) is 0 Å². The van der Waals surface area contributed by atoms with E-state index < -0.39 is 34.8 Å². The van der Waals surface area contributed by atoms with Crippen LogP contribution >= 0.6 is 0 Å². The van der Waals surface area contributed by atoms with Crippen LogP contribution in [0.4, 0.5) is 17.6 Å². The molecular weight excluding hydrogens is 262 g/mol. The molecule has 2 rings (SSSR count). The second-order valence-electron chi connectivity index (χ2n) is 3.77. The van der Waals surface area contributed by atoms with Gasteiger partial charge in [0, 0.05) is 12.6 Å². The van der Waals surface area contributed by atoms with Crippen molar-refractivity contribution in [1.82, 2.24) is 0 Å². The molecule has 0 heterocycles. The van der Waals surface area contributed by atoms with E-state index in [1.54, 1.807) is 0 Å². The van der Waals surface area contributed by atoms with E-state index in [2.05, 4.69) is 0 Å². The van der Waals surface area contributed by atoms with Crippen molar-refractivity contribution in [3.8, 4) is 11.5 Å². The summed E-state index contributed by atoms with van der Waals surface area (Å²) >= 11 is 0. The lowest BCUT2D eigenvalue weighted by molar-refractivity contribution is 0.385. The SMILES string of the molecule is NCc1cc(F)c(Oc2ccc(F)cc2F)c(F)c1. The lowest BCUT2D eigenvalue weighted by atomic mass is 10.2. The van der Waals surface area contributed by atoms with Crippen LogP contribution in [0.15, 0.2) is 30.3 Å². The molecule has 19 heavy (non-hydrogen) atoms. The van der Waals surface area contributed by atoms with Crippen molar-refractivity contribution in [1.29, 1.82) is 0 Å². The summed E-state index contributed by atoms with van der Waals surface area (Å²) in [6.45, 7) is -0.0426. The number of benzene rings is 2. The van der Waals surface area contributed by atoms with Gasteiger partial charge in [-0.2, -0.15) is 0 Å². The van der Waals surface area contributed by atoms with Gasteiger partial charge in [-0.1, -0.05) is 0 Å². The zero-order valence-corrected chi connectivity index (χ0v) is 9.59. The third-order valence-electron chi connectivity index (χ3n) is 2.40. The van der Waals surface area contributed by atoms with Crippen molar-refractivity contribution in [3.05, 3.63) is 59.2 Å². The number of hydrogen-bond donors (Lipinski definition) is 1. The lowest BCUT2D eigenvalue weighted by Gasteiger charge is -2.10. The first-order valence-electron chi connectivity index (χ1n) is 5.32. The molecule has 2 nitrogen and oxygen atoms in total. The van der Waals surface area contributed by atoms with Crippen LogP contribution in [0.2, 0.25) is 0 Å². The molecule has 6 heteroatoms. The second kappa shape index (κ2) is 5.27. The summed E-state index contributed by atoms with van der Waals surface area (Å²) in [4.78, 5) is 0. The van der Waals surface area contributed by atoms with Gasteiger partial charge in [0.1, 0.15) is 5.82 Å². The molecule has 0 atom stereocenters. The summed E-state index contributed by atoms with van der Waals surface area (Å²) in [5.41, 5.74) is 5.49. The molecule has 100 valence electrons. The van der Waals surface area contributed by atoms with Crippen LogP contribution in [0, 0.1) is 23.3 Å². The molecule has 0 aliphatic heterocycles. The number of rotatable bonds is 3. The Hall–Kier alpha value is -2.08. The quantitative estimate of drug-likeness (QED) is 0.867. The average molecular weight is 271 g/mol. The Morgan fingerprint density at radius 3 is 2.05 bits per heavy atom.